The summed E-state index contributed by atoms with van der Waals surface area (Å²) in [5, 5.41) is 19.3. The fourth-order valence-corrected chi connectivity index (χ4v) is 1.75. The summed E-state index contributed by atoms with van der Waals surface area (Å²) in [4.78, 5) is 3.95. The maximum absolute atomic E-state index is 9.62. The third-order valence-corrected chi connectivity index (χ3v) is 2.96. The lowest BCUT2D eigenvalue weighted by molar-refractivity contribution is 0.0335. The SMILES string of the molecule is OC(CBr)C(O)c1cccnc1Br. The highest BCUT2D eigenvalue weighted by atomic mass is 79.9. The standard InChI is InChI=1S/C8H9Br2NO2/c9-4-6(12)7(13)5-2-1-3-11-8(5)10/h1-3,6-7,12-13H,4H2. The Hall–Kier alpha value is 0.0300. The second kappa shape index (κ2) is 5.05. The molecule has 13 heavy (non-hydrogen) atoms. The molecule has 2 atom stereocenters. The summed E-state index contributed by atoms with van der Waals surface area (Å²) in [7, 11) is 0. The molecule has 0 saturated carbocycles. The van der Waals surface area contributed by atoms with Gasteiger partial charge in [-0.2, -0.15) is 0 Å². The Kier molecular flexibility index (Phi) is 4.31. The van der Waals surface area contributed by atoms with Crippen molar-refractivity contribution in [2.75, 3.05) is 5.33 Å². The Labute approximate surface area is 93.1 Å². The summed E-state index contributed by atoms with van der Waals surface area (Å²) >= 11 is 6.29. The van der Waals surface area contributed by atoms with Gasteiger partial charge in [-0.15, -0.1) is 0 Å². The third-order valence-electron chi connectivity index (χ3n) is 1.63. The lowest BCUT2D eigenvalue weighted by atomic mass is 10.1. The Balaban J connectivity index is 2.88. The highest BCUT2D eigenvalue weighted by Crippen LogP contribution is 2.23. The van der Waals surface area contributed by atoms with Crippen LogP contribution in [0.15, 0.2) is 22.9 Å². The maximum Gasteiger partial charge on any atom is 0.111 e. The van der Waals surface area contributed by atoms with Gasteiger partial charge in [-0.25, -0.2) is 4.98 Å². The fourth-order valence-electron chi connectivity index (χ4n) is 0.911. The van der Waals surface area contributed by atoms with Crippen LogP contribution in [0, 0.1) is 0 Å². The molecule has 1 rings (SSSR count). The van der Waals surface area contributed by atoms with Crippen LogP contribution in [0.25, 0.3) is 0 Å². The highest BCUT2D eigenvalue weighted by molar-refractivity contribution is 9.10. The van der Waals surface area contributed by atoms with Gasteiger partial charge in [0.25, 0.3) is 0 Å². The molecule has 0 aromatic carbocycles. The summed E-state index contributed by atoms with van der Waals surface area (Å²) in [6, 6.07) is 3.43. The Bertz CT molecular complexity index is 283. The van der Waals surface area contributed by atoms with Gasteiger partial charge in [-0.05, 0) is 22.0 Å². The summed E-state index contributed by atoms with van der Waals surface area (Å²) in [5.74, 6) is 0. The number of nitrogens with zero attached hydrogens (tertiary/aromatic N) is 1. The molecule has 0 aliphatic rings. The van der Waals surface area contributed by atoms with Crippen LogP contribution in [0.1, 0.15) is 11.7 Å². The molecule has 72 valence electrons. The van der Waals surface area contributed by atoms with Crippen LogP contribution in [0.3, 0.4) is 0 Å². The van der Waals surface area contributed by atoms with Crippen molar-refractivity contribution >= 4 is 31.9 Å². The number of rotatable bonds is 3. The van der Waals surface area contributed by atoms with Gasteiger partial charge in [-0.3, -0.25) is 0 Å². The molecule has 1 aromatic rings. The number of hydrogen-bond donors (Lipinski definition) is 2. The van der Waals surface area contributed by atoms with E-state index in [-0.39, 0.29) is 0 Å². The molecule has 2 unspecified atom stereocenters. The normalized spacial score (nSPS) is 15.4. The van der Waals surface area contributed by atoms with E-state index in [4.69, 9.17) is 0 Å². The molecule has 0 aliphatic heterocycles. The summed E-state index contributed by atoms with van der Waals surface area (Å²) in [6.07, 6.45) is -0.121. The first-order chi connectivity index (χ1) is 6.16. The van der Waals surface area contributed by atoms with Gasteiger partial charge in [0, 0.05) is 17.1 Å². The zero-order chi connectivity index (χ0) is 9.84. The molecular weight excluding hydrogens is 302 g/mol. The van der Waals surface area contributed by atoms with Crippen molar-refractivity contribution in [2.45, 2.75) is 12.2 Å². The topological polar surface area (TPSA) is 53.4 Å². The van der Waals surface area contributed by atoms with E-state index >= 15 is 0 Å². The van der Waals surface area contributed by atoms with Crippen molar-refractivity contribution in [2.24, 2.45) is 0 Å². The maximum atomic E-state index is 9.62. The van der Waals surface area contributed by atoms with Crippen LogP contribution < -0.4 is 0 Å². The average Bonchev–Trinajstić information content (AvgIpc) is 2.16. The zero-order valence-corrected chi connectivity index (χ0v) is 9.86. The van der Waals surface area contributed by atoms with Crippen LogP contribution in [0.2, 0.25) is 0 Å². The number of aliphatic hydroxyl groups excluding tert-OH is 2. The van der Waals surface area contributed by atoms with Crippen molar-refractivity contribution in [1.29, 1.82) is 0 Å². The second-order valence-electron chi connectivity index (χ2n) is 2.55. The van der Waals surface area contributed by atoms with E-state index in [2.05, 4.69) is 36.8 Å². The molecule has 0 amide bonds. The minimum atomic E-state index is -0.914. The Morgan fingerprint density at radius 1 is 1.46 bits per heavy atom. The van der Waals surface area contributed by atoms with Crippen molar-refractivity contribution in [3.63, 3.8) is 0 Å². The zero-order valence-electron chi connectivity index (χ0n) is 6.69. The average molecular weight is 311 g/mol. The first-order valence-corrected chi connectivity index (χ1v) is 5.60. The smallest absolute Gasteiger partial charge is 0.111 e. The highest BCUT2D eigenvalue weighted by Gasteiger charge is 2.19. The molecule has 0 fully saturated rings. The third kappa shape index (κ3) is 2.74. The molecule has 3 nitrogen and oxygen atoms in total. The van der Waals surface area contributed by atoms with Gasteiger partial charge in [0.05, 0.1) is 6.10 Å². The molecular formula is C8H9Br2NO2. The molecule has 0 radical (unpaired) electrons. The van der Waals surface area contributed by atoms with Gasteiger partial charge < -0.3 is 10.2 Å². The number of pyridine rings is 1. The molecule has 1 aromatic heterocycles. The summed E-state index contributed by atoms with van der Waals surface area (Å²) in [6.45, 7) is 0. The summed E-state index contributed by atoms with van der Waals surface area (Å²) in [5.41, 5.74) is 0.592. The molecule has 5 heteroatoms. The Morgan fingerprint density at radius 2 is 2.15 bits per heavy atom. The molecule has 0 bridgehead atoms. The van der Waals surface area contributed by atoms with Gasteiger partial charge in [0.1, 0.15) is 10.7 Å². The Morgan fingerprint density at radius 3 is 2.69 bits per heavy atom. The molecule has 2 N–H and O–H groups in total. The van der Waals surface area contributed by atoms with Crippen LogP contribution in [-0.4, -0.2) is 26.6 Å². The molecule has 0 spiro atoms. The number of aromatic nitrogens is 1. The minimum Gasteiger partial charge on any atom is -0.389 e. The molecule has 0 saturated heterocycles. The van der Waals surface area contributed by atoms with Crippen molar-refractivity contribution in [3.05, 3.63) is 28.5 Å². The first kappa shape index (κ1) is 11.1. The number of alkyl halides is 1. The van der Waals surface area contributed by atoms with E-state index < -0.39 is 12.2 Å². The first-order valence-electron chi connectivity index (χ1n) is 3.69. The number of halogens is 2. The predicted octanol–water partition coefficient (Wildman–Crippen LogP) is 1.63. The van der Waals surface area contributed by atoms with Crippen LogP contribution in [0.4, 0.5) is 0 Å². The van der Waals surface area contributed by atoms with E-state index in [1.807, 2.05) is 0 Å². The van der Waals surface area contributed by atoms with Gasteiger partial charge >= 0.3 is 0 Å². The molecule has 0 aliphatic carbocycles. The van der Waals surface area contributed by atoms with Crippen molar-refractivity contribution < 1.29 is 10.2 Å². The fraction of sp³-hybridized carbons (Fsp3) is 0.375. The van der Waals surface area contributed by atoms with Gasteiger partial charge in [0.2, 0.25) is 0 Å². The van der Waals surface area contributed by atoms with E-state index in [0.717, 1.165) is 0 Å². The van der Waals surface area contributed by atoms with E-state index in [9.17, 15) is 10.2 Å². The van der Waals surface area contributed by atoms with Gasteiger partial charge in [0.15, 0.2) is 0 Å². The van der Waals surface area contributed by atoms with E-state index in [1.54, 1.807) is 18.3 Å². The van der Waals surface area contributed by atoms with Crippen molar-refractivity contribution in [1.82, 2.24) is 4.98 Å². The van der Waals surface area contributed by atoms with Crippen LogP contribution >= 0.6 is 31.9 Å². The van der Waals surface area contributed by atoms with Crippen LogP contribution in [-0.2, 0) is 0 Å². The lowest BCUT2D eigenvalue weighted by Crippen LogP contribution is -2.20. The predicted molar refractivity (Wildman–Crippen MR) is 56.7 cm³/mol. The summed E-state index contributed by atoms with van der Waals surface area (Å²) < 4.78 is 0.558. The molecule has 1 heterocycles. The number of hydrogen-bond acceptors (Lipinski definition) is 3. The van der Waals surface area contributed by atoms with E-state index in [1.165, 1.54) is 0 Å². The number of aliphatic hydroxyl groups is 2. The van der Waals surface area contributed by atoms with Crippen molar-refractivity contribution in [3.8, 4) is 0 Å². The van der Waals surface area contributed by atoms with Crippen LogP contribution in [0.5, 0.6) is 0 Å². The quantitative estimate of drug-likeness (QED) is 0.659. The minimum absolute atomic E-state index is 0.329. The second-order valence-corrected chi connectivity index (χ2v) is 3.95. The lowest BCUT2D eigenvalue weighted by Gasteiger charge is -2.16. The van der Waals surface area contributed by atoms with E-state index in [0.29, 0.717) is 15.5 Å². The largest absolute Gasteiger partial charge is 0.389 e. The van der Waals surface area contributed by atoms with Gasteiger partial charge in [-0.1, -0.05) is 22.0 Å². The monoisotopic (exact) mass is 309 g/mol.